The van der Waals surface area contributed by atoms with Crippen molar-refractivity contribution in [3.8, 4) is 0 Å². The van der Waals surface area contributed by atoms with Crippen molar-refractivity contribution in [2.75, 3.05) is 13.1 Å². The minimum absolute atomic E-state index is 0.0185. The van der Waals surface area contributed by atoms with Gasteiger partial charge in [0.25, 0.3) is 0 Å². The summed E-state index contributed by atoms with van der Waals surface area (Å²) in [6.07, 6.45) is 1.75. The SMILES string of the molecule is O=C(O)CN1CCC[C@H](O)[C@@H]1Cc1ccc(Cl)cc1. The molecule has 0 radical (unpaired) electrons. The number of aliphatic hydroxyl groups is 1. The Hall–Kier alpha value is -1.10. The van der Waals surface area contributed by atoms with Crippen LogP contribution in [0, 0.1) is 0 Å². The molecule has 1 aliphatic rings. The van der Waals surface area contributed by atoms with Gasteiger partial charge in [-0.2, -0.15) is 0 Å². The highest BCUT2D eigenvalue weighted by Gasteiger charge is 2.31. The number of piperidine rings is 1. The van der Waals surface area contributed by atoms with Crippen LogP contribution in [0.1, 0.15) is 18.4 Å². The summed E-state index contributed by atoms with van der Waals surface area (Å²) >= 11 is 5.84. The maximum absolute atomic E-state index is 10.9. The highest BCUT2D eigenvalue weighted by Crippen LogP contribution is 2.22. The molecule has 5 heteroatoms. The molecule has 104 valence electrons. The lowest BCUT2D eigenvalue weighted by molar-refractivity contribution is -0.140. The summed E-state index contributed by atoms with van der Waals surface area (Å²) < 4.78 is 0. The van der Waals surface area contributed by atoms with E-state index < -0.39 is 12.1 Å². The van der Waals surface area contributed by atoms with Crippen LogP contribution >= 0.6 is 11.6 Å². The van der Waals surface area contributed by atoms with Gasteiger partial charge in [0, 0.05) is 11.1 Å². The maximum atomic E-state index is 10.9. The third-order valence-corrected chi connectivity index (χ3v) is 3.81. The van der Waals surface area contributed by atoms with E-state index in [1.165, 1.54) is 0 Å². The van der Waals surface area contributed by atoms with Crippen molar-refractivity contribution in [3.05, 3.63) is 34.9 Å². The number of benzene rings is 1. The van der Waals surface area contributed by atoms with Crippen molar-refractivity contribution in [2.24, 2.45) is 0 Å². The minimum atomic E-state index is -0.852. The number of hydrogen-bond acceptors (Lipinski definition) is 3. The Morgan fingerprint density at radius 3 is 2.68 bits per heavy atom. The highest BCUT2D eigenvalue weighted by atomic mass is 35.5. The second-order valence-electron chi connectivity index (χ2n) is 4.97. The van der Waals surface area contributed by atoms with E-state index in [-0.39, 0.29) is 12.6 Å². The molecule has 2 N–H and O–H groups in total. The number of hydrogen-bond donors (Lipinski definition) is 2. The fourth-order valence-corrected chi connectivity index (χ4v) is 2.73. The van der Waals surface area contributed by atoms with Gasteiger partial charge in [-0.15, -0.1) is 0 Å². The molecule has 0 aromatic heterocycles. The standard InChI is InChI=1S/C14H18ClNO3/c15-11-5-3-10(4-6-11)8-12-13(17)2-1-7-16(12)9-14(18)19/h3-6,12-13,17H,1-2,7-9H2,(H,18,19)/t12-,13-/m0/s1. The van der Waals surface area contributed by atoms with Gasteiger partial charge in [-0.1, -0.05) is 23.7 Å². The Morgan fingerprint density at radius 2 is 2.05 bits per heavy atom. The van der Waals surface area contributed by atoms with Crippen LogP contribution in [0.25, 0.3) is 0 Å². The van der Waals surface area contributed by atoms with Crippen molar-refractivity contribution in [2.45, 2.75) is 31.4 Å². The highest BCUT2D eigenvalue weighted by molar-refractivity contribution is 6.30. The van der Waals surface area contributed by atoms with Gasteiger partial charge in [0.1, 0.15) is 0 Å². The minimum Gasteiger partial charge on any atom is -0.480 e. The van der Waals surface area contributed by atoms with Crippen LogP contribution < -0.4 is 0 Å². The molecule has 2 rings (SSSR count). The van der Waals surface area contributed by atoms with Crippen molar-refractivity contribution < 1.29 is 15.0 Å². The van der Waals surface area contributed by atoms with Crippen LogP contribution in [0.5, 0.6) is 0 Å². The van der Waals surface area contributed by atoms with Crippen molar-refractivity contribution in [1.29, 1.82) is 0 Å². The van der Waals surface area contributed by atoms with Crippen molar-refractivity contribution in [3.63, 3.8) is 0 Å². The van der Waals surface area contributed by atoms with Gasteiger partial charge in [-0.25, -0.2) is 0 Å². The van der Waals surface area contributed by atoms with Crippen molar-refractivity contribution in [1.82, 2.24) is 4.90 Å². The smallest absolute Gasteiger partial charge is 0.317 e. The molecule has 2 atom stereocenters. The molecule has 1 aliphatic heterocycles. The Balaban J connectivity index is 2.08. The Morgan fingerprint density at radius 1 is 1.37 bits per heavy atom. The average molecular weight is 284 g/mol. The van der Waals surface area contributed by atoms with E-state index in [9.17, 15) is 9.90 Å². The zero-order valence-corrected chi connectivity index (χ0v) is 11.4. The summed E-state index contributed by atoms with van der Waals surface area (Å²) in [4.78, 5) is 12.7. The second kappa shape index (κ2) is 6.37. The molecule has 1 saturated heterocycles. The van der Waals surface area contributed by atoms with Crippen LogP contribution in [-0.2, 0) is 11.2 Å². The van der Waals surface area contributed by atoms with E-state index in [4.69, 9.17) is 16.7 Å². The molecule has 0 aliphatic carbocycles. The van der Waals surface area contributed by atoms with E-state index in [0.29, 0.717) is 11.4 Å². The summed E-state index contributed by atoms with van der Waals surface area (Å²) in [6, 6.07) is 7.33. The van der Waals surface area contributed by atoms with Crippen LogP contribution in [0.3, 0.4) is 0 Å². The molecule has 1 fully saturated rings. The van der Waals surface area contributed by atoms with Crippen LogP contribution in [0.4, 0.5) is 0 Å². The first-order valence-corrected chi connectivity index (χ1v) is 6.82. The van der Waals surface area contributed by atoms with Gasteiger partial charge >= 0.3 is 5.97 Å². The van der Waals surface area contributed by atoms with Gasteiger partial charge in [0.15, 0.2) is 0 Å². The Kier molecular flexibility index (Phi) is 4.80. The summed E-state index contributed by atoms with van der Waals surface area (Å²) in [5.41, 5.74) is 1.06. The lowest BCUT2D eigenvalue weighted by Gasteiger charge is -2.38. The molecule has 0 amide bonds. The number of carbonyl (C=O) groups is 1. The monoisotopic (exact) mass is 283 g/mol. The topological polar surface area (TPSA) is 60.8 Å². The molecule has 0 unspecified atom stereocenters. The molecule has 1 aromatic rings. The normalized spacial score (nSPS) is 24.3. The first kappa shape index (κ1) is 14.3. The molecule has 0 spiro atoms. The summed E-state index contributed by atoms with van der Waals surface area (Å²) in [7, 11) is 0. The van der Waals surface area contributed by atoms with Gasteiger partial charge in [0.2, 0.25) is 0 Å². The van der Waals surface area contributed by atoms with Crippen LogP contribution in [0.15, 0.2) is 24.3 Å². The van der Waals surface area contributed by atoms with Crippen LogP contribution in [-0.4, -0.2) is 46.3 Å². The average Bonchev–Trinajstić information content (AvgIpc) is 2.35. The maximum Gasteiger partial charge on any atom is 0.317 e. The van der Waals surface area contributed by atoms with Crippen LogP contribution in [0.2, 0.25) is 5.02 Å². The summed E-state index contributed by atoms with van der Waals surface area (Å²) in [5, 5.41) is 19.7. The van der Waals surface area contributed by atoms with Gasteiger partial charge < -0.3 is 10.2 Å². The second-order valence-corrected chi connectivity index (χ2v) is 5.41. The lowest BCUT2D eigenvalue weighted by Crippen LogP contribution is -2.51. The van der Waals surface area contributed by atoms with E-state index in [0.717, 1.165) is 24.9 Å². The number of rotatable bonds is 4. The molecule has 19 heavy (non-hydrogen) atoms. The molecule has 0 bridgehead atoms. The van der Waals surface area contributed by atoms with Gasteiger partial charge in [0.05, 0.1) is 12.6 Å². The van der Waals surface area contributed by atoms with Gasteiger partial charge in [-0.05, 0) is 43.5 Å². The third-order valence-electron chi connectivity index (χ3n) is 3.55. The largest absolute Gasteiger partial charge is 0.480 e. The van der Waals surface area contributed by atoms with Crippen molar-refractivity contribution >= 4 is 17.6 Å². The van der Waals surface area contributed by atoms with E-state index in [2.05, 4.69) is 0 Å². The third kappa shape index (κ3) is 3.93. The predicted octanol–water partition coefficient (Wildman–Crippen LogP) is 1.79. The number of nitrogens with zero attached hydrogens (tertiary/aromatic N) is 1. The quantitative estimate of drug-likeness (QED) is 0.884. The number of carboxylic acids is 1. The summed E-state index contributed by atoms with van der Waals surface area (Å²) in [5.74, 6) is -0.852. The number of carboxylic acid groups (broad SMARTS) is 1. The molecule has 1 heterocycles. The molecule has 1 aromatic carbocycles. The Bertz CT molecular complexity index is 435. The number of halogens is 1. The predicted molar refractivity (Wildman–Crippen MR) is 73.4 cm³/mol. The van der Waals surface area contributed by atoms with E-state index in [1.54, 1.807) is 0 Å². The fourth-order valence-electron chi connectivity index (χ4n) is 2.60. The molecule has 4 nitrogen and oxygen atoms in total. The van der Waals surface area contributed by atoms with Gasteiger partial charge in [-0.3, -0.25) is 9.69 Å². The lowest BCUT2D eigenvalue weighted by atomic mass is 9.93. The Labute approximate surface area is 117 Å². The number of aliphatic hydroxyl groups excluding tert-OH is 1. The zero-order chi connectivity index (χ0) is 13.8. The molecule has 0 saturated carbocycles. The first-order valence-electron chi connectivity index (χ1n) is 6.44. The summed E-state index contributed by atoms with van der Waals surface area (Å²) in [6.45, 7) is 0.705. The number of likely N-dealkylation sites (tertiary alicyclic amines) is 1. The number of aliphatic carboxylic acids is 1. The fraction of sp³-hybridized carbons (Fsp3) is 0.500. The van der Waals surface area contributed by atoms with E-state index in [1.807, 2.05) is 29.2 Å². The zero-order valence-electron chi connectivity index (χ0n) is 10.6. The molecular weight excluding hydrogens is 266 g/mol. The molecular formula is C14H18ClNO3. The van der Waals surface area contributed by atoms with E-state index >= 15 is 0 Å². The first-order chi connectivity index (χ1) is 9.06.